The normalized spacial score (nSPS) is 10.8. The van der Waals surface area contributed by atoms with Gasteiger partial charge in [-0.2, -0.15) is 0 Å². The highest BCUT2D eigenvalue weighted by Gasteiger charge is 2.00. The Hall–Kier alpha value is -2.19. The van der Waals surface area contributed by atoms with E-state index in [0.717, 1.165) is 24.4 Å². The zero-order chi connectivity index (χ0) is 15.3. The fraction of sp³-hybridized carbons (Fsp3) is 0.438. The molecule has 5 nitrogen and oxygen atoms in total. The maximum atomic E-state index is 5.66. The van der Waals surface area contributed by atoms with Crippen molar-refractivity contribution in [1.29, 1.82) is 0 Å². The number of methoxy groups -OCH3 is 1. The summed E-state index contributed by atoms with van der Waals surface area (Å²) in [6, 6.07) is 7.72. The number of hydrogen-bond acceptors (Lipinski definition) is 3. The standard InChI is InChI=1S/C16H23N3O2/c1-4-10-18-16(17-5-2)19-14-8-6-9-15(13-14)21-12-7-11-20-3/h1,6,8-9,13H,5,7,10-12H2,2-3H3,(H2,17,18,19). The average Bonchev–Trinajstić information content (AvgIpc) is 2.50. The average molecular weight is 289 g/mol. The zero-order valence-electron chi connectivity index (χ0n) is 12.7. The predicted molar refractivity (Wildman–Crippen MR) is 86.9 cm³/mol. The van der Waals surface area contributed by atoms with Gasteiger partial charge < -0.3 is 20.1 Å². The first-order valence-corrected chi connectivity index (χ1v) is 7.00. The molecule has 0 spiro atoms. The first-order chi connectivity index (χ1) is 10.3. The SMILES string of the molecule is C#CCN=C(NCC)Nc1cccc(OCCCOC)c1. The third-order valence-electron chi connectivity index (χ3n) is 2.53. The van der Waals surface area contributed by atoms with Crippen LogP contribution in [-0.2, 0) is 4.74 Å². The quantitative estimate of drug-likeness (QED) is 0.333. The molecule has 114 valence electrons. The number of ether oxygens (including phenoxy) is 2. The van der Waals surface area contributed by atoms with Gasteiger partial charge in [-0.15, -0.1) is 6.42 Å². The van der Waals surface area contributed by atoms with Gasteiger partial charge in [0.15, 0.2) is 5.96 Å². The molecular formula is C16H23N3O2. The summed E-state index contributed by atoms with van der Waals surface area (Å²) in [4.78, 5) is 4.24. The maximum Gasteiger partial charge on any atom is 0.196 e. The minimum atomic E-state index is 0.336. The van der Waals surface area contributed by atoms with Gasteiger partial charge in [0.05, 0.1) is 6.61 Å². The number of nitrogens with zero attached hydrogens (tertiary/aromatic N) is 1. The maximum absolute atomic E-state index is 5.66. The summed E-state index contributed by atoms with van der Waals surface area (Å²) in [6.45, 7) is 4.43. The van der Waals surface area contributed by atoms with E-state index in [1.54, 1.807) is 7.11 Å². The molecule has 0 radical (unpaired) electrons. The third kappa shape index (κ3) is 7.23. The zero-order valence-corrected chi connectivity index (χ0v) is 12.7. The number of guanidine groups is 1. The van der Waals surface area contributed by atoms with Crippen LogP contribution < -0.4 is 15.4 Å². The van der Waals surface area contributed by atoms with Crippen molar-refractivity contribution in [2.45, 2.75) is 13.3 Å². The van der Waals surface area contributed by atoms with Gasteiger partial charge in [0.2, 0.25) is 0 Å². The van der Waals surface area contributed by atoms with Gasteiger partial charge in [0, 0.05) is 38.4 Å². The van der Waals surface area contributed by atoms with Crippen LogP contribution in [0.25, 0.3) is 0 Å². The molecule has 0 fully saturated rings. The van der Waals surface area contributed by atoms with Crippen molar-refractivity contribution in [2.24, 2.45) is 4.99 Å². The minimum absolute atomic E-state index is 0.336. The fourth-order valence-electron chi connectivity index (χ4n) is 1.63. The molecule has 0 atom stereocenters. The molecule has 21 heavy (non-hydrogen) atoms. The lowest BCUT2D eigenvalue weighted by Crippen LogP contribution is -2.30. The van der Waals surface area contributed by atoms with E-state index in [1.165, 1.54) is 0 Å². The lowest BCUT2D eigenvalue weighted by atomic mass is 10.3. The number of terminal acetylenes is 1. The first kappa shape index (κ1) is 16.9. The summed E-state index contributed by atoms with van der Waals surface area (Å²) in [5.41, 5.74) is 0.899. The Bertz CT molecular complexity index is 481. The highest BCUT2D eigenvalue weighted by molar-refractivity contribution is 5.93. The molecule has 0 amide bonds. The Balaban J connectivity index is 2.59. The second-order valence-electron chi connectivity index (χ2n) is 4.25. The van der Waals surface area contributed by atoms with Crippen molar-refractivity contribution < 1.29 is 9.47 Å². The molecule has 0 aliphatic rings. The van der Waals surface area contributed by atoms with Gasteiger partial charge >= 0.3 is 0 Å². The van der Waals surface area contributed by atoms with Crippen molar-refractivity contribution in [3.63, 3.8) is 0 Å². The van der Waals surface area contributed by atoms with Gasteiger partial charge in [0.1, 0.15) is 12.3 Å². The van der Waals surface area contributed by atoms with E-state index in [2.05, 4.69) is 21.5 Å². The lowest BCUT2D eigenvalue weighted by Gasteiger charge is -2.12. The molecule has 0 heterocycles. The van der Waals surface area contributed by atoms with Crippen LogP contribution in [0.15, 0.2) is 29.3 Å². The molecule has 1 aromatic rings. The van der Waals surface area contributed by atoms with Gasteiger partial charge in [-0.1, -0.05) is 12.0 Å². The predicted octanol–water partition coefficient (Wildman–Crippen LogP) is 2.11. The Morgan fingerprint density at radius 3 is 2.95 bits per heavy atom. The highest BCUT2D eigenvalue weighted by Crippen LogP contribution is 2.17. The molecule has 0 saturated carbocycles. The minimum Gasteiger partial charge on any atom is -0.493 e. The summed E-state index contributed by atoms with van der Waals surface area (Å²) in [7, 11) is 1.68. The van der Waals surface area contributed by atoms with Crippen LogP contribution in [0.5, 0.6) is 5.75 Å². The van der Waals surface area contributed by atoms with Gasteiger partial charge in [0.25, 0.3) is 0 Å². The van der Waals surface area contributed by atoms with Crippen LogP contribution >= 0.6 is 0 Å². The summed E-state index contributed by atoms with van der Waals surface area (Å²) in [5.74, 6) is 3.96. The number of benzene rings is 1. The monoisotopic (exact) mass is 289 g/mol. The molecule has 5 heteroatoms. The van der Waals surface area contributed by atoms with Gasteiger partial charge in [-0.3, -0.25) is 0 Å². The lowest BCUT2D eigenvalue weighted by molar-refractivity contribution is 0.172. The Morgan fingerprint density at radius 2 is 2.24 bits per heavy atom. The van der Waals surface area contributed by atoms with Crippen LogP contribution in [0, 0.1) is 12.3 Å². The van der Waals surface area contributed by atoms with E-state index < -0.39 is 0 Å². The summed E-state index contributed by atoms with van der Waals surface area (Å²) in [6.07, 6.45) is 6.09. The van der Waals surface area contributed by atoms with E-state index in [4.69, 9.17) is 15.9 Å². The summed E-state index contributed by atoms with van der Waals surface area (Å²) in [5, 5.41) is 6.33. The number of rotatable bonds is 8. The van der Waals surface area contributed by atoms with E-state index in [-0.39, 0.29) is 0 Å². The van der Waals surface area contributed by atoms with Crippen molar-refractivity contribution >= 4 is 11.6 Å². The van der Waals surface area contributed by atoms with E-state index in [0.29, 0.717) is 25.7 Å². The number of hydrogen-bond donors (Lipinski definition) is 2. The Morgan fingerprint density at radius 1 is 1.38 bits per heavy atom. The van der Waals surface area contributed by atoms with Crippen LogP contribution in [0.1, 0.15) is 13.3 Å². The van der Waals surface area contributed by atoms with Crippen LogP contribution in [0.4, 0.5) is 5.69 Å². The summed E-state index contributed by atoms with van der Waals surface area (Å²) >= 11 is 0. The van der Waals surface area contributed by atoms with Crippen LogP contribution in [0.3, 0.4) is 0 Å². The molecular weight excluding hydrogens is 266 g/mol. The third-order valence-corrected chi connectivity index (χ3v) is 2.53. The fourth-order valence-corrected chi connectivity index (χ4v) is 1.63. The molecule has 0 unspecified atom stereocenters. The largest absolute Gasteiger partial charge is 0.493 e. The van der Waals surface area contributed by atoms with E-state index >= 15 is 0 Å². The molecule has 0 saturated heterocycles. The second kappa shape index (κ2) is 10.6. The molecule has 0 bridgehead atoms. The smallest absolute Gasteiger partial charge is 0.196 e. The summed E-state index contributed by atoms with van der Waals surface area (Å²) < 4.78 is 10.6. The second-order valence-corrected chi connectivity index (χ2v) is 4.25. The first-order valence-electron chi connectivity index (χ1n) is 7.00. The number of aliphatic imine (C=N–C) groups is 1. The Kier molecular flexibility index (Phi) is 8.50. The van der Waals surface area contributed by atoms with E-state index in [1.807, 2.05) is 31.2 Å². The molecule has 2 N–H and O–H groups in total. The molecule has 0 aliphatic heterocycles. The van der Waals surface area contributed by atoms with Crippen LogP contribution in [0.2, 0.25) is 0 Å². The van der Waals surface area contributed by atoms with Gasteiger partial charge in [-0.05, 0) is 19.1 Å². The van der Waals surface area contributed by atoms with Crippen molar-refractivity contribution in [1.82, 2.24) is 5.32 Å². The molecule has 1 aromatic carbocycles. The molecule has 1 rings (SSSR count). The van der Waals surface area contributed by atoms with Crippen molar-refractivity contribution in [3.05, 3.63) is 24.3 Å². The Labute approximate surface area is 126 Å². The van der Waals surface area contributed by atoms with Gasteiger partial charge in [-0.25, -0.2) is 4.99 Å². The van der Waals surface area contributed by atoms with E-state index in [9.17, 15) is 0 Å². The molecule has 0 aliphatic carbocycles. The van der Waals surface area contributed by atoms with Crippen molar-refractivity contribution in [3.8, 4) is 18.1 Å². The number of nitrogens with one attached hydrogen (secondary N) is 2. The highest BCUT2D eigenvalue weighted by atomic mass is 16.5. The topological polar surface area (TPSA) is 54.9 Å². The van der Waals surface area contributed by atoms with Crippen LogP contribution in [-0.4, -0.2) is 39.4 Å². The van der Waals surface area contributed by atoms with Crippen molar-refractivity contribution in [2.75, 3.05) is 38.7 Å². The molecule has 0 aromatic heterocycles. The number of anilines is 1.